The first-order valence-corrected chi connectivity index (χ1v) is 6.69. The fourth-order valence-corrected chi connectivity index (χ4v) is 1.84. The van der Waals surface area contributed by atoms with E-state index in [1.165, 1.54) is 32.1 Å². The van der Waals surface area contributed by atoms with Crippen LogP contribution in [0.2, 0.25) is 0 Å². The molecule has 0 rings (SSSR count). The lowest BCUT2D eigenvalue weighted by Crippen LogP contribution is -3.00. The molecule has 0 aromatic carbocycles. The molecule has 0 aliphatic heterocycles. The third-order valence-electron chi connectivity index (χ3n) is 2.85. The SMILES string of the molecule is [2H]C([2H])([2H])[N+](CCCCCCCCCCCC)(C([2H])([2H])[2H])C([2H])([2H])[2H].[Br-]. The van der Waals surface area contributed by atoms with Crippen LogP contribution in [0.3, 0.4) is 0 Å². The van der Waals surface area contributed by atoms with Gasteiger partial charge in [-0.1, -0.05) is 58.3 Å². The number of halogens is 1. The van der Waals surface area contributed by atoms with Crippen LogP contribution in [-0.2, 0) is 0 Å². The molecule has 0 bridgehead atoms. The highest BCUT2D eigenvalue weighted by Crippen LogP contribution is 2.10. The van der Waals surface area contributed by atoms with Crippen LogP contribution >= 0.6 is 0 Å². The fraction of sp³-hybridized carbons (Fsp3) is 1.00. The van der Waals surface area contributed by atoms with Crippen LogP contribution in [0, 0.1) is 0 Å². The zero-order valence-electron chi connectivity index (χ0n) is 20.1. The number of rotatable bonds is 11. The maximum absolute atomic E-state index is 7.56. The fourth-order valence-electron chi connectivity index (χ4n) is 1.84. The van der Waals surface area contributed by atoms with Crippen molar-refractivity contribution in [2.24, 2.45) is 0 Å². The van der Waals surface area contributed by atoms with Crippen LogP contribution in [0.1, 0.15) is 83.5 Å². The second kappa shape index (κ2) is 12.9. The van der Waals surface area contributed by atoms with Gasteiger partial charge in [-0.2, -0.15) is 0 Å². The number of nitrogens with zero attached hydrogens (tertiary/aromatic N) is 1. The van der Waals surface area contributed by atoms with Gasteiger partial charge in [-0.15, -0.1) is 0 Å². The molecular formula is C15H34BrN. The Kier molecular flexibility index (Phi) is 5.98. The summed E-state index contributed by atoms with van der Waals surface area (Å²) in [4.78, 5) is 0. The van der Waals surface area contributed by atoms with Gasteiger partial charge in [0.05, 0.1) is 39.8 Å². The van der Waals surface area contributed by atoms with E-state index in [1.54, 1.807) is 0 Å². The minimum absolute atomic E-state index is 0. The lowest BCUT2D eigenvalue weighted by Gasteiger charge is -2.23. The van der Waals surface area contributed by atoms with Gasteiger partial charge in [0, 0.05) is 0 Å². The second-order valence-electron chi connectivity index (χ2n) is 4.72. The quantitative estimate of drug-likeness (QED) is 0.401. The Labute approximate surface area is 133 Å². The van der Waals surface area contributed by atoms with Gasteiger partial charge in [0.2, 0.25) is 0 Å². The van der Waals surface area contributed by atoms with E-state index in [-0.39, 0.29) is 29.9 Å². The van der Waals surface area contributed by atoms with E-state index >= 15 is 0 Å². The molecule has 0 aliphatic rings. The van der Waals surface area contributed by atoms with Crippen molar-refractivity contribution in [1.29, 1.82) is 0 Å². The highest BCUT2D eigenvalue weighted by Gasteiger charge is 2.04. The third-order valence-corrected chi connectivity index (χ3v) is 2.85. The summed E-state index contributed by atoms with van der Waals surface area (Å²) >= 11 is 0. The van der Waals surface area contributed by atoms with Crippen molar-refractivity contribution >= 4 is 0 Å². The summed E-state index contributed by atoms with van der Waals surface area (Å²) in [5.41, 5.74) is 0. The first-order chi connectivity index (χ1) is 11.3. The molecule has 0 fully saturated rings. The molecule has 0 N–H and O–H groups in total. The normalized spacial score (nSPS) is 21.4. The Morgan fingerprint density at radius 2 is 1.12 bits per heavy atom. The van der Waals surface area contributed by atoms with Crippen LogP contribution in [0.25, 0.3) is 0 Å². The molecule has 0 aromatic rings. The van der Waals surface area contributed by atoms with Crippen molar-refractivity contribution in [2.45, 2.75) is 71.1 Å². The standard InChI is InChI=1S/C15H34N.BrH/c1-5-6-7-8-9-10-11-12-13-14-15-16(2,3)4;/h5-15H2,1-4H3;1H/q+1;/p-1/i2D3,3D3,4D3;. The van der Waals surface area contributed by atoms with Crippen LogP contribution in [-0.4, -0.2) is 32.0 Å². The molecule has 17 heavy (non-hydrogen) atoms. The monoisotopic (exact) mass is 316 g/mol. The van der Waals surface area contributed by atoms with E-state index in [0.717, 1.165) is 19.3 Å². The highest BCUT2D eigenvalue weighted by molar-refractivity contribution is 4.47. The Morgan fingerprint density at radius 3 is 1.53 bits per heavy atom. The minimum atomic E-state index is -3.12. The number of hydrogen-bond acceptors (Lipinski definition) is 0. The van der Waals surface area contributed by atoms with E-state index in [2.05, 4.69) is 6.92 Å². The zero-order valence-corrected chi connectivity index (χ0v) is 12.7. The molecule has 1 nitrogen and oxygen atoms in total. The van der Waals surface area contributed by atoms with E-state index in [0.29, 0.717) is 6.42 Å². The van der Waals surface area contributed by atoms with Gasteiger partial charge < -0.3 is 21.5 Å². The molecule has 0 amide bonds. The number of quaternary nitrogens is 1. The highest BCUT2D eigenvalue weighted by atomic mass is 79.9. The molecule has 106 valence electrons. The smallest absolute Gasteiger partial charge is 0.0886 e. The second-order valence-corrected chi connectivity index (χ2v) is 4.72. The van der Waals surface area contributed by atoms with Crippen molar-refractivity contribution in [3.8, 4) is 0 Å². The van der Waals surface area contributed by atoms with Crippen molar-refractivity contribution in [1.82, 2.24) is 0 Å². The molecule has 0 saturated heterocycles. The van der Waals surface area contributed by atoms with Gasteiger partial charge in [0.15, 0.2) is 0 Å². The third kappa shape index (κ3) is 19.0. The predicted octanol–water partition coefficient (Wildman–Crippen LogP) is 1.62. The van der Waals surface area contributed by atoms with E-state index in [4.69, 9.17) is 12.3 Å². The summed E-state index contributed by atoms with van der Waals surface area (Å²) in [7, 11) is 0. The van der Waals surface area contributed by atoms with Gasteiger partial charge in [0.1, 0.15) is 0 Å². The first-order valence-electron chi connectivity index (χ1n) is 11.2. The molecule has 2 heteroatoms. The average molecular weight is 317 g/mol. The van der Waals surface area contributed by atoms with Crippen molar-refractivity contribution < 1.29 is 33.8 Å². The van der Waals surface area contributed by atoms with E-state index in [1.807, 2.05) is 0 Å². The van der Waals surface area contributed by atoms with Gasteiger partial charge in [-0.3, -0.25) is 0 Å². The lowest BCUT2D eigenvalue weighted by molar-refractivity contribution is -0.870. The Balaban J connectivity index is 0. The van der Waals surface area contributed by atoms with Gasteiger partial charge in [0.25, 0.3) is 0 Å². The van der Waals surface area contributed by atoms with Crippen LogP contribution < -0.4 is 17.0 Å². The first kappa shape index (κ1) is 7.89. The van der Waals surface area contributed by atoms with Crippen LogP contribution in [0.15, 0.2) is 0 Å². The Bertz CT molecular complexity index is 328. The summed E-state index contributed by atoms with van der Waals surface area (Å²) in [6, 6.07) is 0. The summed E-state index contributed by atoms with van der Waals surface area (Å²) in [5.74, 6) is 0. The van der Waals surface area contributed by atoms with E-state index in [9.17, 15) is 0 Å². The van der Waals surface area contributed by atoms with Gasteiger partial charge in [-0.05, 0) is 12.8 Å². The maximum Gasteiger partial charge on any atom is 0.0886 e. The lowest BCUT2D eigenvalue weighted by atomic mass is 10.1. The Morgan fingerprint density at radius 1 is 0.706 bits per heavy atom. The molecule has 0 radical (unpaired) electrons. The molecule has 0 atom stereocenters. The summed E-state index contributed by atoms with van der Waals surface area (Å²) in [6.45, 7) is -7.56. The van der Waals surface area contributed by atoms with E-state index < -0.39 is 25.4 Å². The zero-order chi connectivity index (χ0) is 19.8. The van der Waals surface area contributed by atoms with Crippen molar-refractivity contribution in [3.05, 3.63) is 0 Å². The maximum atomic E-state index is 7.56. The Hall–Kier alpha value is 0.440. The van der Waals surface area contributed by atoms with Crippen molar-refractivity contribution in [2.75, 3.05) is 27.5 Å². The molecule has 0 spiro atoms. The topological polar surface area (TPSA) is 0 Å². The van der Waals surface area contributed by atoms with Crippen LogP contribution in [0.5, 0.6) is 0 Å². The largest absolute Gasteiger partial charge is 1.00 e. The summed E-state index contributed by atoms with van der Waals surface area (Å²) in [5, 5.41) is 0. The summed E-state index contributed by atoms with van der Waals surface area (Å²) in [6.07, 6.45) is 10.1. The van der Waals surface area contributed by atoms with Crippen molar-refractivity contribution in [3.63, 3.8) is 0 Å². The minimum Gasteiger partial charge on any atom is -1.00 e. The van der Waals surface area contributed by atoms with Crippen LogP contribution in [0.4, 0.5) is 0 Å². The predicted molar refractivity (Wildman–Crippen MR) is 74.7 cm³/mol. The molecular weight excluding hydrogens is 274 g/mol. The molecule has 0 aliphatic carbocycles. The number of unbranched alkanes of at least 4 members (excludes halogenated alkanes) is 9. The molecule has 0 aromatic heterocycles. The van der Waals surface area contributed by atoms with Gasteiger partial charge >= 0.3 is 0 Å². The molecule has 0 unspecified atom stereocenters. The summed E-state index contributed by atoms with van der Waals surface area (Å²) < 4.78 is 66.2. The molecule has 0 saturated carbocycles. The number of hydrogen-bond donors (Lipinski definition) is 0. The average Bonchev–Trinajstić information content (AvgIpc) is 2.40. The van der Waals surface area contributed by atoms with Gasteiger partial charge in [-0.25, -0.2) is 0 Å². The molecule has 0 heterocycles.